The molecular formula is C18H21N3O3. The van der Waals surface area contributed by atoms with Gasteiger partial charge in [0.15, 0.2) is 12.3 Å². The Hall–Kier alpha value is -2.76. The molecule has 2 rings (SSSR count). The Morgan fingerprint density at radius 1 is 1.17 bits per heavy atom. The van der Waals surface area contributed by atoms with E-state index in [9.17, 15) is 9.59 Å². The van der Waals surface area contributed by atoms with Gasteiger partial charge < -0.3 is 10.1 Å². The second-order valence-corrected chi connectivity index (χ2v) is 5.61. The van der Waals surface area contributed by atoms with E-state index in [2.05, 4.69) is 27.4 Å². The molecule has 6 nitrogen and oxygen atoms in total. The van der Waals surface area contributed by atoms with E-state index in [0.717, 1.165) is 12.8 Å². The van der Waals surface area contributed by atoms with E-state index in [-0.39, 0.29) is 24.2 Å². The Balaban J connectivity index is 1.70. The van der Waals surface area contributed by atoms with Crippen molar-refractivity contribution >= 4 is 11.9 Å². The fourth-order valence-corrected chi connectivity index (χ4v) is 2.12. The Morgan fingerprint density at radius 3 is 2.58 bits per heavy atom. The monoisotopic (exact) mass is 327 g/mol. The third kappa shape index (κ3) is 5.79. The van der Waals surface area contributed by atoms with Crippen LogP contribution in [0.15, 0.2) is 42.7 Å². The molecule has 0 fully saturated rings. The van der Waals surface area contributed by atoms with Gasteiger partial charge in [0.1, 0.15) is 0 Å². The largest absolute Gasteiger partial charge is 0.451 e. The number of aryl methyl sites for hydroxylation is 2. The van der Waals surface area contributed by atoms with Crippen molar-refractivity contribution in [3.8, 4) is 0 Å². The number of carbonyl (C=O) groups excluding carboxylic acids is 2. The third-order valence-electron chi connectivity index (χ3n) is 3.44. The molecular weight excluding hydrogens is 306 g/mol. The lowest BCUT2D eigenvalue weighted by Gasteiger charge is -2.14. The second kappa shape index (κ2) is 8.76. The number of nitrogens with one attached hydrogen (secondary N) is 1. The molecule has 0 saturated heterocycles. The third-order valence-corrected chi connectivity index (χ3v) is 3.44. The summed E-state index contributed by atoms with van der Waals surface area (Å²) < 4.78 is 4.94. The maximum atomic E-state index is 11.8. The molecule has 1 aromatic heterocycles. The van der Waals surface area contributed by atoms with Gasteiger partial charge in [-0.1, -0.05) is 30.3 Å². The smallest absolute Gasteiger partial charge is 0.359 e. The van der Waals surface area contributed by atoms with Gasteiger partial charge in [-0.15, -0.1) is 0 Å². The molecule has 0 aliphatic heterocycles. The SMILES string of the molecule is Cc1cnc(C(=O)OCC(=O)N[C@H](C)CCc2ccccc2)cn1. The molecule has 0 radical (unpaired) electrons. The number of amides is 1. The van der Waals surface area contributed by atoms with Crippen molar-refractivity contribution in [2.24, 2.45) is 0 Å². The van der Waals surface area contributed by atoms with Gasteiger partial charge >= 0.3 is 5.97 Å². The van der Waals surface area contributed by atoms with Gasteiger partial charge in [-0.05, 0) is 32.3 Å². The summed E-state index contributed by atoms with van der Waals surface area (Å²) in [5, 5.41) is 2.81. The van der Waals surface area contributed by atoms with Crippen molar-refractivity contribution in [3.63, 3.8) is 0 Å². The highest BCUT2D eigenvalue weighted by Gasteiger charge is 2.13. The summed E-state index contributed by atoms with van der Waals surface area (Å²) in [6.45, 7) is 3.37. The minimum absolute atomic E-state index is 0.00410. The van der Waals surface area contributed by atoms with Gasteiger partial charge in [0.2, 0.25) is 0 Å². The lowest BCUT2D eigenvalue weighted by molar-refractivity contribution is -0.124. The van der Waals surface area contributed by atoms with Crippen LogP contribution in [0.5, 0.6) is 0 Å². The molecule has 1 aromatic carbocycles. The van der Waals surface area contributed by atoms with Crippen molar-refractivity contribution in [1.29, 1.82) is 0 Å². The average Bonchev–Trinajstić information content (AvgIpc) is 2.59. The minimum Gasteiger partial charge on any atom is -0.451 e. The molecule has 126 valence electrons. The lowest BCUT2D eigenvalue weighted by atomic mass is 10.1. The lowest BCUT2D eigenvalue weighted by Crippen LogP contribution is -2.36. The molecule has 24 heavy (non-hydrogen) atoms. The molecule has 1 heterocycles. The molecule has 1 amide bonds. The number of esters is 1. The van der Waals surface area contributed by atoms with Crippen LogP contribution in [0.1, 0.15) is 35.1 Å². The molecule has 0 spiro atoms. The Morgan fingerprint density at radius 2 is 1.92 bits per heavy atom. The van der Waals surface area contributed by atoms with Crippen LogP contribution in [-0.2, 0) is 16.0 Å². The number of ether oxygens (including phenoxy) is 1. The minimum atomic E-state index is -0.658. The number of nitrogens with zero attached hydrogens (tertiary/aromatic N) is 2. The first-order chi connectivity index (χ1) is 11.5. The van der Waals surface area contributed by atoms with E-state index in [1.54, 1.807) is 6.92 Å². The Bertz CT molecular complexity index is 672. The van der Waals surface area contributed by atoms with E-state index >= 15 is 0 Å². The first-order valence-electron chi connectivity index (χ1n) is 7.83. The summed E-state index contributed by atoms with van der Waals surface area (Å²) in [5.74, 6) is -0.987. The average molecular weight is 327 g/mol. The van der Waals surface area contributed by atoms with Crippen LogP contribution in [0.3, 0.4) is 0 Å². The van der Waals surface area contributed by atoms with E-state index in [0.29, 0.717) is 5.69 Å². The number of benzene rings is 1. The topological polar surface area (TPSA) is 81.2 Å². The van der Waals surface area contributed by atoms with E-state index < -0.39 is 5.97 Å². The quantitative estimate of drug-likeness (QED) is 0.788. The van der Waals surface area contributed by atoms with Crippen molar-refractivity contribution in [1.82, 2.24) is 15.3 Å². The van der Waals surface area contributed by atoms with Gasteiger partial charge in [0, 0.05) is 12.2 Å². The highest BCUT2D eigenvalue weighted by Crippen LogP contribution is 2.05. The molecule has 0 unspecified atom stereocenters. The Labute approximate surface area is 141 Å². The number of hydrogen-bond donors (Lipinski definition) is 1. The van der Waals surface area contributed by atoms with E-state index in [1.165, 1.54) is 18.0 Å². The number of carbonyl (C=O) groups is 2. The van der Waals surface area contributed by atoms with E-state index in [1.807, 2.05) is 25.1 Å². The summed E-state index contributed by atoms with van der Waals surface area (Å²) in [5.41, 5.74) is 2.02. The van der Waals surface area contributed by atoms with Crippen molar-refractivity contribution in [2.45, 2.75) is 32.7 Å². The van der Waals surface area contributed by atoms with Crippen molar-refractivity contribution in [2.75, 3.05) is 6.61 Å². The fraction of sp³-hybridized carbons (Fsp3) is 0.333. The number of aromatic nitrogens is 2. The summed E-state index contributed by atoms with van der Waals surface area (Å²) in [4.78, 5) is 31.5. The first-order valence-corrected chi connectivity index (χ1v) is 7.83. The summed E-state index contributed by atoms with van der Waals surface area (Å²) in [6.07, 6.45) is 4.49. The molecule has 0 aliphatic carbocycles. The zero-order chi connectivity index (χ0) is 17.4. The zero-order valence-corrected chi connectivity index (χ0v) is 13.9. The first kappa shape index (κ1) is 17.6. The number of rotatable bonds is 7. The molecule has 1 atom stereocenters. The van der Waals surface area contributed by atoms with Gasteiger partial charge in [0.25, 0.3) is 5.91 Å². The summed E-state index contributed by atoms with van der Waals surface area (Å²) in [6, 6.07) is 10.1. The van der Waals surface area contributed by atoms with Crippen LogP contribution in [0.25, 0.3) is 0 Å². The van der Waals surface area contributed by atoms with Gasteiger partial charge in [0.05, 0.1) is 11.9 Å². The highest BCUT2D eigenvalue weighted by atomic mass is 16.5. The van der Waals surface area contributed by atoms with Crippen molar-refractivity contribution in [3.05, 3.63) is 59.7 Å². The maximum Gasteiger partial charge on any atom is 0.359 e. The van der Waals surface area contributed by atoms with Crippen LogP contribution >= 0.6 is 0 Å². The Kier molecular flexibility index (Phi) is 6.42. The van der Waals surface area contributed by atoms with Crippen LogP contribution in [0.2, 0.25) is 0 Å². The fourth-order valence-electron chi connectivity index (χ4n) is 2.12. The van der Waals surface area contributed by atoms with Crippen LogP contribution in [0, 0.1) is 6.92 Å². The second-order valence-electron chi connectivity index (χ2n) is 5.61. The maximum absolute atomic E-state index is 11.8. The van der Waals surface area contributed by atoms with Crippen molar-refractivity contribution < 1.29 is 14.3 Å². The zero-order valence-electron chi connectivity index (χ0n) is 13.9. The molecule has 2 aromatic rings. The van der Waals surface area contributed by atoms with Crippen LogP contribution in [0.4, 0.5) is 0 Å². The standard InChI is InChI=1S/C18H21N3O3/c1-13(8-9-15-6-4-3-5-7-15)21-17(22)12-24-18(23)16-11-19-14(2)10-20-16/h3-7,10-11,13H,8-9,12H2,1-2H3,(H,21,22)/t13-/m1/s1. The normalized spacial score (nSPS) is 11.6. The predicted octanol–water partition coefficient (Wildman–Crippen LogP) is 2.08. The van der Waals surface area contributed by atoms with Gasteiger partial charge in [-0.3, -0.25) is 9.78 Å². The van der Waals surface area contributed by atoms with Crippen LogP contribution < -0.4 is 5.32 Å². The van der Waals surface area contributed by atoms with Crippen LogP contribution in [-0.4, -0.2) is 34.5 Å². The molecule has 1 N–H and O–H groups in total. The highest BCUT2D eigenvalue weighted by molar-refractivity contribution is 5.89. The van der Waals surface area contributed by atoms with E-state index in [4.69, 9.17) is 4.74 Å². The molecule has 0 aliphatic rings. The summed E-state index contributed by atoms with van der Waals surface area (Å²) in [7, 11) is 0. The molecule has 0 bridgehead atoms. The molecule has 6 heteroatoms. The van der Waals surface area contributed by atoms with Gasteiger partial charge in [-0.25, -0.2) is 9.78 Å². The summed E-state index contributed by atoms with van der Waals surface area (Å²) >= 11 is 0. The number of hydrogen-bond acceptors (Lipinski definition) is 5. The molecule has 0 saturated carbocycles. The van der Waals surface area contributed by atoms with Gasteiger partial charge in [-0.2, -0.15) is 0 Å². The predicted molar refractivity (Wildman–Crippen MR) is 89.4 cm³/mol.